The highest BCUT2D eigenvalue weighted by molar-refractivity contribution is 5.97. The molecule has 1 atom stereocenters. The molecule has 0 spiro atoms. The fourth-order valence-electron chi connectivity index (χ4n) is 3.58. The predicted octanol–water partition coefficient (Wildman–Crippen LogP) is 4.43. The molecule has 1 unspecified atom stereocenters. The molecule has 0 aromatic heterocycles. The zero-order valence-electron chi connectivity index (χ0n) is 18.6. The van der Waals surface area contributed by atoms with Crippen molar-refractivity contribution < 1.29 is 19.0 Å². The molecule has 168 valence electrons. The fraction of sp³-hybridized carbons (Fsp3) is 0.308. The molecule has 3 N–H and O–H groups in total. The van der Waals surface area contributed by atoms with Gasteiger partial charge >= 0.3 is 5.97 Å². The Balaban J connectivity index is 1.87. The average molecular weight is 435 g/mol. The van der Waals surface area contributed by atoms with E-state index in [1.807, 2.05) is 68.4 Å². The van der Waals surface area contributed by atoms with Gasteiger partial charge in [-0.3, -0.25) is 10.2 Å². The number of benzene rings is 3. The molecule has 0 fully saturated rings. The second-order valence-corrected chi connectivity index (χ2v) is 7.37. The van der Waals surface area contributed by atoms with E-state index in [0.29, 0.717) is 32.8 Å². The van der Waals surface area contributed by atoms with Crippen molar-refractivity contribution >= 4 is 22.6 Å². The minimum atomic E-state index is -0.430. The van der Waals surface area contributed by atoms with Crippen molar-refractivity contribution in [3.8, 4) is 5.75 Å². The summed E-state index contributed by atoms with van der Waals surface area (Å²) in [7, 11) is 0. The van der Waals surface area contributed by atoms with E-state index in [4.69, 9.17) is 25.4 Å². The van der Waals surface area contributed by atoms with Crippen LogP contribution in [0.5, 0.6) is 5.75 Å². The quantitative estimate of drug-likeness (QED) is 0.280. The topological polar surface area (TPSA) is 94.6 Å². The van der Waals surface area contributed by atoms with Gasteiger partial charge in [0, 0.05) is 12.1 Å². The number of esters is 1. The zero-order valence-corrected chi connectivity index (χ0v) is 18.6. The Morgan fingerprint density at radius 2 is 1.66 bits per heavy atom. The van der Waals surface area contributed by atoms with Gasteiger partial charge in [-0.2, -0.15) is 0 Å². The van der Waals surface area contributed by atoms with Crippen molar-refractivity contribution in [2.45, 2.75) is 26.2 Å². The van der Waals surface area contributed by atoms with E-state index in [1.165, 1.54) is 0 Å². The minimum absolute atomic E-state index is 0.154. The molecular weight excluding hydrogens is 404 g/mol. The largest absolute Gasteiger partial charge is 0.492 e. The number of hydrogen-bond acceptors (Lipinski definition) is 6. The number of rotatable bonds is 10. The van der Waals surface area contributed by atoms with Gasteiger partial charge in [0.05, 0.1) is 19.1 Å². The van der Waals surface area contributed by atoms with Gasteiger partial charge in [0.2, 0.25) is 5.90 Å². The first-order valence-corrected chi connectivity index (χ1v) is 10.9. The predicted molar refractivity (Wildman–Crippen MR) is 126 cm³/mol. The molecule has 0 aliphatic heterocycles. The molecule has 0 aliphatic carbocycles. The van der Waals surface area contributed by atoms with Crippen LogP contribution in [0.25, 0.3) is 10.8 Å². The Hall–Kier alpha value is -3.38. The van der Waals surface area contributed by atoms with Crippen molar-refractivity contribution in [1.82, 2.24) is 0 Å². The monoisotopic (exact) mass is 434 g/mol. The zero-order chi connectivity index (χ0) is 22.9. The minimum Gasteiger partial charge on any atom is -0.492 e. The third-order valence-corrected chi connectivity index (χ3v) is 5.14. The number of ether oxygens (including phenoxy) is 3. The SMILES string of the molecule is CCOC(=N)c1ccc2ccc(CC(C(=O)OCC)c3ccc(OCCN)cc3)cc2c1. The van der Waals surface area contributed by atoms with Gasteiger partial charge in [-0.15, -0.1) is 0 Å². The van der Waals surface area contributed by atoms with Gasteiger partial charge < -0.3 is 19.9 Å². The van der Waals surface area contributed by atoms with Crippen molar-refractivity contribution in [2.75, 3.05) is 26.4 Å². The van der Waals surface area contributed by atoms with Crippen LogP contribution >= 0.6 is 0 Å². The number of fused-ring (bicyclic) bond motifs is 1. The van der Waals surface area contributed by atoms with Crippen molar-refractivity contribution in [3.63, 3.8) is 0 Å². The summed E-state index contributed by atoms with van der Waals surface area (Å²) in [6, 6.07) is 19.4. The van der Waals surface area contributed by atoms with Crippen LogP contribution in [0.3, 0.4) is 0 Å². The standard InChI is InChI=1S/C26H30N2O4/c1-3-30-25(28)21-8-7-19-6-5-18(15-22(19)17-21)16-24(26(29)31-4-2)20-9-11-23(12-10-20)32-14-13-27/h5-12,15,17,24,28H,3-4,13-14,16,27H2,1-2H3. The molecule has 6 nitrogen and oxygen atoms in total. The maximum atomic E-state index is 12.8. The van der Waals surface area contributed by atoms with E-state index in [1.54, 1.807) is 0 Å². The first-order valence-electron chi connectivity index (χ1n) is 10.9. The lowest BCUT2D eigenvalue weighted by Gasteiger charge is -2.17. The van der Waals surface area contributed by atoms with Crippen LogP contribution in [0.2, 0.25) is 0 Å². The highest BCUT2D eigenvalue weighted by atomic mass is 16.5. The number of carbonyl (C=O) groups is 1. The molecule has 0 amide bonds. The van der Waals surface area contributed by atoms with E-state index in [-0.39, 0.29) is 11.9 Å². The smallest absolute Gasteiger partial charge is 0.313 e. The molecular formula is C26H30N2O4. The Bertz CT molecular complexity index is 1060. The Labute approximate surface area is 188 Å². The summed E-state index contributed by atoms with van der Waals surface area (Å²) in [5.41, 5.74) is 8.10. The maximum Gasteiger partial charge on any atom is 0.313 e. The van der Waals surface area contributed by atoms with Gasteiger partial charge in [-0.1, -0.05) is 36.4 Å². The van der Waals surface area contributed by atoms with E-state index in [9.17, 15) is 4.79 Å². The summed E-state index contributed by atoms with van der Waals surface area (Å²) < 4.78 is 16.2. The molecule has 3 aromatic carbocycles. The molecule has 0 aliphatic rings. The van der Waals surface area contributed by atoms with Crippen molar-refractivity contribution in [3.05, 3.63) is 77.4 Å². The van der Waals surface area contributed by atoms with E-state index in [2.05, 4.69) is 6.07 Å². The number of nitrogens with two attached hydrogens (primary N) is 1. The Morgan fingerprint density at radius 1 is 0.938 bits per heavy atom. The first-order chi connectivity index (χ1) is 15.5. The third-order valence-electron chi connectivity index (χ3n) is 5.14. The van der Waals surface area contributed by atoms with E-state index >= 15 is 0 Å². The summed E-state index contributed by atoms with van der Waals surface area (Å²) in [6.45, 7) is 5.34. The first kappa shape index (κ1) is 23.3. The highest BCUT2D eigenvalue weighted by Gasteiger charge is 2.23. The van der Waals surface area contributed by atoms with Crippen LogP contribution in [-0.2, 0) is 20.7 Å². The Kier molecular flexibility index (Phi) is 8.22. The molecule has 3 aromatic rings. The fourth-order valence-corrected chi connectivity index (χ4v) is 3.58. The van der Waals surface area contributed by atoms with Gasteiger partial charge in [-0.05, 0) is 66.4 Å². The molecule has 0 bridgehead atoms. The van der Waals surface area contributed by atoms with E-state index in [0.717, 1.165) is 33.2 Å². The van der Waals surface area contributed by atoms with Gasteiger partial charge in [-0.25, -0.2) is 0 Å². The number of nitrogens with one attached hydrogen (secondary N) is 1. The lowest BCUT2D eigenvalue weighted by atomic mass is 9.91. The summed E-state index contributed by atoms with van der Waals surface area (Å²) in [6.07, 6.45) is 0.505. The molecule has 0 heterocycles. The molecule has 6 heteroatoms. The number of carbonyl (C=O) groups excluding carboxylic acids is 1. The number of hydrogen-bond donors (Lipinski definition) is 2. The molecule has 3 rings (SSSR count). The van der Waals surface area contributed by atoms with Crippen LogP contribution < -0.4 is 10.5 Å². The lowest BCUT2D eigenvalue weighted by Crippen LogP contribution is -2.18. The summed E-state index contributed by atoms with van der Waals surface area (Å²) in [5.74, 6) is 0.189. The summed E-state index contributed by atoms with van der Waals surface area (Å²) in [5, 5.41) is 10.1. The lowest BCUT2D eigenvalue weighted by molar-refractivity contribution is -0.144. The highest BCUT2D eigenvalue weighted by Crippen LogP contribution is 2.27. The van der Waals surface area contributed by atoms with Gasteiger partial charge in [0.15, 0.2) is 0 Å². The van der Waals surface area contributed by atoms with Crippen LogP contribution in [0, 0.1) is 5.41 Å². The van der Waals surface area contributed by atoms with Gasteiger partial charge in [0.25, 0.3) is 0 Å². The second-order valence-electron chi connectivity index (χ2n) is 7.37. The molecule has 0 saturated heterocycles. The van der Waals surface area contributed by atoms with Crippen LogP contribution in [0.4, 0.5) is 0 Å². The Morgan fingerprint density at radius 3 is 2.34 bits per heavy atom. The average Bonchev–Trinajstić information content (AvgIpc) is 2.81. The molecule has 32 heavy (non-hydrogen) atoms. The van der Waals surface area contributed by atoms with Crippen LogP contribution in [0.15, 0.2) is 60.7 Å². The normalized spacial score (nSPS) is 11.7. The summed E-state index contributed by atoms with van der Waals surface area (Å²) >= 11 is 0. The maximum absolute atomic E-state index is 12.8. The van der Waals surface area contributed by atoms with Gasteiger partial charge in [0.1, 0.15) is 12.4 Å². The van der Waals surface area contributed by atoms with Crippen molar-refractivity contribution in [2.24, 2.45) is 5.73 Å². The second kappa shape index (κ2) is 11.3. The van der Waals surface area contributed by atoms with Crippen LogP contribution in [0.1, 0.15) is 36.5 Å². The van der Waals surface area contributed by atoms with E-state index < -0.39 is 5.92 Å². The van der Waals surface area contributed by atoms with Crippen molar-refractivity contribution in [1.29, 1.82) is 5.41 Å². The molecule has 0 saturated carbocycles. The third kappa shape index (κ3) is 5.86. The molecule has 0 radical (unpaired) electrons. The summed E-state index contributed by atoms with van der Waals surface area (Å²) in [4.78, 5) is 12.8. The van der Waals surface area contributed by atoms with Crippen LogP contribution in [-0.4, -0.2) is 38.2 Å².